The molecule has 0 radical (unpaired) electrons. The number of hydrogen-bond donors (Lipinski definition) is 0. The summed E-state index contributed by atoms with van der Waals surface area (Å²) in [5.74, 6) is 0.201. The summed E-state index contributed by atoms with van der Waals surface area (Å²) < 4.78 is 32.9. The van der Waals surface area contributed by atoms with Gasteiger partial charge < -0.3 is 13.8 Å². The molecule has 0 bridgehead atoms. The van der Waals surface area contributed by atoms with Crippen molar-refractivity contribution in [2.45, 2.75) is 19.1 Å². The summed E-state index contributed by atoms with van der Waals surface area (Å²) in [5, 5.41) is 0. The minimum absolute atomic E-state index is 0.0173. The fourth-order valence-corrected chi connectivity index (χ4v) is 3.45. The first-order valence-corrected chi connectivity index (χ1v) is 10.1. The smallest absolute Gasteiger partial charge is 0.306 e. The van der Waals surface area contributed by atoms with Gasteiger partial charge in [0.25, 0.3) is 0 Å². The monoisotopic (exact) mass is 375 g/mol. The van der Waals surface area contributed by atoms with E-state index < -0.39 is 10.1 Å². The fraction of sp³-hybridized carbons (Fsp3) is 0.316. The largest absolute Gasteiger partial charge is 0.383 e. The van der Waals surface area contributed by atoms with Gasteiger partial charge in [-0.1, -0.05) is 42.5 Å². The van der Waals surface area contributed by atoms with Gasteiger partial charge in [0, 0.05) is 0 Å². The van der Waals surface area contributed by atoms with Crippen molar-refractivity contribution in [3.8, 4) is 5.75 Å². The molecule has 138 valence electrons. The maximum atomic E-state index is 12.3. The Hall–Kier alpha value is -2.38. The average molecular weight is 375 g/mol. The number of hydrogen-bond acceptors (Lipinski definition) is 5. The highest BCUT2D eigenvalue weighted by molar-refractivity contribution is 7.86. The fourth-order valence-electron chi connectivity index (χ4n) is 2.99. The zero-order valence-electron chi connectivity index (χ0n) is 14.7. The second-order valence-electron chi connectivity index (χ2n) is 6.29. The molecular formula is C19H21NO5S. The Kier molecular flexibility index (Phi) is 5.29. The minimum Gasteiger partial charge on any atom is -0.383 e. The Labute approximate surface area is 153 Å². The molecule has 1 aliphatic heterocycles. The third-order valence-corrected chi connectivity index (χ3v) is 4.84. The molecular weight excluding hydrogens is 354 g/mol. The number of amides is 1. The zero-order valence-corrected chi connectivity index (χ0v) is 15.5. The number of ether oxygens (including phenoxy) is 1. The standard InChI is InChI=1S/C19H21NO5S/c1-14(15-6-4-3-5-7-15)20-12-18(24-13-19(20)21)16-8-10-17(11-9-16)25-26(2,22)23/h3-11,14,18H,12-13H2,1-2H3/t14-,18+/m0/s1. The lowest BCUT2D eigenvalue weighted by molar-refractivity contribution is -0.152. The van der Waals surface area contributed by atoms with Crippen molar-refractivity contribution in [3.05, 3.63) is 65.7 Å². The molecule has 2 aromatic carbocycles. The van der Waals surface area contributed by atoms with E-state index in [2.05, 4.69) is 0 Å². The summed E-state index contributed by atoms with van der Waals surface area (Å²) in [7, 11) is -3.56. The molecule has 0 aliphatic carbocycles. The van der Waals surface area contributed by atoms with E-state index in [9.17, 15) is 13.2 Å². The summed E-state index contributed by atoms with van der Waals surface area (Å²) in [6.45, 7) is 2.45. The van der Waals surface area contributed by atoms with E-state index in [1.807, 2.05) is 42.2 Å². The quantitative estimate of drug-likeness (QED) is 0.752. The lowest BCUT2D eigenvalue weighted by atomic mass is 10.0. The van der Waals surface area contributed by atoms with E-state index in [4.69, 9.17) is 8.92 Å². The topological polar surface area (TPSA) is 72.9 Å². The number of rotatable bonds is 5. The number of benzene rings is 2. The number of morpholine rings is 1. The molecule has 0 unspecified atom stereocenters. The highest BCUT2D eigenvalue weighted by Gasteiger charge is 2.31. The highest BCUT2D eigenvalue weighted by atomic mass is 32.2. The normalized spacial score (nSPS) is 19.2. The minimum atomic E-state index is -3.56. The summed E-state index contributed by atoms with van der Waals surface area (Å²) in [4.78, 5) is 14.1. The van der Waals surface area contributed by atoms with Gasteiger partial charge in [0.05, 0.1) is 18.8 Å². The first-order chi connectivity index (χ1) is 12.3. The van der Waals surface area contributed by atoms with Gasteiger partial charge in [-0.15, -0.1) is 0 Å². The van der Waals surface area contributed by atoms with Crippen LogP contribution in [0.25, 0.3) is 0 Å². The van der Waals surface area contributed by atoms with Crippen LogP contribution in [0.4, 0.5) is 0 Å². The second kappa shape index (κ2) is 7.47. The first kappa shape index (κ1) is 18.4. The maximum absolute atomic E-state index is 12.3. The van der Waals surface area contributed by atoms with Crippen molar-refractivity contribution in [2.75, 3.05) is 19.4 Å². The van der Waals surface area contributed by atoms with E-state index in [1.165, 1.54) is 0 Å². The lowest BCUT2D eigenvalue weighted by Gasteiger charge is -2.37. The average Bonchev–Trinajstić information content (AvgIpc) is 2.62. The third-order valence-electron chi connectivity index (χ3n) is 4.34. The molecule has 7 heteroatoms. The molecule has 2 atom stereocenters. The van der Waals surface area contributed by atoms with E-state index in [1.54, 1.807) is 24.3 Å². The first-order valence-electron chi connectivity index (χ1n) is 8.29. The molecule has 6 nitrogen and oxygen atoms in total. The number of nitrogens with zero attached hydrogens (tertiary/aromatic N) is 1. The molecule has 26 heavy (non-hydrogen) atoms. The molecule has 2 aromatic rings. The van der Waals surface area contributed by atoms with E-state index >= 15 is 0 Å². The van der Waals surface area contributed by atoms with Crippen molar-refractivity contribution in [1.82, 2.24) is 4.90 Å². The van der Waals surface area contributed by atoms with E-state index in [0.717, 1.165) is 17.4 Å². The molecule has 0 saturated carbocycles. The predicted octanol–water partition coefficient (Wildman–Crippen LogP) is 2.69. The van der Waals surface area contributed by atoms with Gasteiger partial charge in [-0.25, -0.2) is 0 Å². The molecule has 3 rings (SSSR count). The van der Waals surface area contributed by atoms with Crippen LogP contribution in [0.1, 0.15) is 30.2 Å². The van der Waals surface area contributed by atoms with Crippen LogP contribution in [0.5, 0.6) is 5.75 Å². The van der Waals surface area contributed by atoms with E-state index in [-0.39, 0.29) is 30.4 Å². The van der Waals surface area contributed by atoms with Crippen LogP contribution >= 0.6 is 0 Å². The number of carbonyl (C=O) groups is 1. The Morgan fingerprint density at radius 3 is 2.38 bits per heavy atom. The third kappa shape index (κ3) is 4.42. The van der Waals surface area contributed by atoms with Crippen molar-refractivity contribution >= 4 is 16.0 Å². The van der Waals surface area contributed by atoms with Crippen LogP contribution in [0, 0.1) is 0 Å². The Balaban J connectivity index is 1.74. The van der Waals surface area contributed by atoms with Crippen LogP contribution in [0.3, 0.4) is 0 Å². The van der Waals surface area contributed by atoms with E-state index in [0.29, 0.717) is 6.54 Å². The van der Waals surface area contributed by atoms with Crippen LogP contribution in [0.15, 0.2) is 54.6 Å². The SMILES string of the molecule is C[C@@H](c1ccccc1)N1C[C@H](c2ccc(OS(C)(=O)=O)cc2)OCC1=O. The molecule has 1 aliphatic rings. The Morgan fingerprint density at radius 1 is 1.12 bits per heavy atom. The van der Waals surface area contributed by atoms with Crippen molar-refractivity contribution < 1.29 is 22.1 Å². The second-order valence-corrected chi connectivity index (χ2v) is 7.86. The molecule has 1 amide bonds. The molecule has 1 fully saturated rings. The van der Waals surface area contributed by atoms with Gasteiger partial charge in [-0.3, -0.25) is 4.79 Å². The van der Waals surface area contributed by atoms with Crippen LogP contribution in [-0.4, -0.2) is 38.6 Å². The predicted molar refractivity (Wildman–Crippen MR) is 97.2 cm³/mol. The molecule has 1 heterocycles. The summed E-state index contributed by atoms with van der Waals surface area (Å²) in [6, 6.07) is 16.5. The molecule has 0 N–H and O–H groups in total. The zero-order chi connectivity index (χ0) is 18.7. The van der Waals surface area contributed by atoms with Gasteiger partial charge in [0.1, 0.15) is 18.5 Å². The van der Waals surface area contributed by atoms with Crippen LogP contribution < -0.4 is 4.18 Å². The Bertz CT molecular complexity index is 865. The molecule has 0 aromatic heterocycles. The lowest BCUT2D eigenvalue weighted by Crippen LogP contribution is -2.44. The van der Waals surface area contributed by atoms with Gasteiger partial charge in [-0.05, 0) is 30.2 Å². The van der Waals surface area contributed by atoms with Crippen molar-refractivity contribution in [2.24, 2.45) is 0 Å². The summed E-state index contributed by atoms with van der Waals surface area (Å²) in [6.07, 6.45) is 0.728. The van der Waals surface area contributed by atoms with Gasteiger partial charge in [0.15, 0.2) is 0 Å². The van der Waals surface area contributed by atoms with Gasteiger partial charge in [-0.2, -0.15) is 8.42 Å². The van der Waals surface area contributed by atoms with Gasteiger partial charge in [0.2, 0.25) is 5.91 Å². The highest BCUT2D eigenvalue weighted by Crippen LogP contribution is 2.30. The van der Waals surface area contributed by atoms with Crippen LogP contribution in [-0.2, 0) is 19.6 Å². The Morgan fingerprint density at radius 2 is 1.77 bits per heavy atom. The summed E-state index contributed by atoms with van der Waals surface area (Å²) >= 11 is 0. The summed E-state index contributed by atoms with van der Waals surface area (Å²) in [5.41, 5.74) is 1.93. The van der Waals surface area contributed by atoms with Crippen molar-refractivity contribution in [3.63, 3.8) is 0 Å². The molecule has 0 spiro atoms. The maximum Gasteiger partial charge on any atom is 0.306 e. The number of carbonyl (C=O) groups excluding carboxylic acids is 1. The van der Waals surface area contributed by atoms with Crippen LogP contribution in [0.2, 0.25) is 0 Å². The van der Waals surface area contributed by atoms with Crippen molar-refractivity contribution in [1.29, 1.82) is 0 Å². The van der Waals surface area contributed by atoms with Gasteiger partial charge >= 0.3 is 10.1 Å². The molecule has 1 saturated heterocycles.